The largest absolute Gasteiger partial charge is 0.350 e. The van der Waals surface area contributed by atoms with Crippen molar-refractivity contribution in [3.63, 3.8) is 0 Å². The average Bonchev–Trinajstić information content (AvgIpc) is 2.97. The summed E-state index contributed by atoms with van der Waals surface area (Å²) in [6.07, 6.45) is 0. The predicted octanol–water partition coefficient (Wildman–Crippen LogP) is 1.32. The Kier molecular flexibility index (Phi) is 4.67. The fraction of sp³-hybridized carbons (Fsp3) is 0.500. The summed E-state index contributed by atoms with van der Waals surface area (Å²) in [5, 5.41) is 11.2. The lowest BCUT2D eigenvalue weighted by atomic mass is 10.4. The lowest BCUT2D eigenvalue weighted by Crippen LogP contribution is -2.36. The molecule has 0 aliphatic rings. The van der Waals surface area contributed by atoms with Gasteiger partial charge in [-0.1, -0.05) is 5.16 Å². The molecule has 0 radical (unpaired) electrons. The summed E-state index contributed by atoms with van der Waals surface area (Å²) in [4.78, 5) is 14.0. The van der Waals surface area contributed by atoms with E-state index in [2.05, 4.69) is 37.7 Å². The number of aliphatic imine (C=N–C) groups is 1. The van der Waals surface area contributed by atoms with Crippen molar-refractivity contribution in [2.24, 2.45) is 4.99 Å². The smallest absolute Gasteiger partial charge is 0.223 e. The van der Waals surface area contributed by atoms with Crippen LogP contribution in [0.25, 0.3) is 0 Å². The minimum Gasteiger partial charge on any atom is -0.350 e. The number of aromatic nitrogens is 3. The molecule has 0 bridgehead atoms. The molecule has 20 heavy (non-hydrogen) atoms. The Balaban J connectivity index is 1.83. The molecular formula is C12H18N6OS. The van der Waals surface area contributed by atoms with E-state index in [-0.39, 0.29) is 0 Å². The third kappa shape index (κ3) is 3.77. The number of aryl methyl sites for hydroxylation is 3. The van der Waals surface area contributed by atoms with Gasteiger partial charge in [-0.15, -0.1) is 11.3 Å². The molecule has 0 unspecified atom stereocenters. The van der Waals surface area contributed by atoms with Gasteiger partial charge in [-0.25, -0.2) is 4.98 Å². The van der Waals surface area contributed by atoms with E-state index in [4.69, 9.17) is 4.52 Å². The van der Waals surface area contributed by atoms with Crippen molar-refractivity contribution in [1.82, 2.24) is 25.8 Å². The average molecular weight is 294 g/mol. The first-order valence-corrected chi connectivity index (χ1v) is 7.06. The molecule has 0 aliphatic heterocycles. The van der Waals surface area contributed by atoms with Gasteiger partial charge in [0.05, 0.1) is 18.8 Å². The van der Waals surface area contributed by atoms with Gasteiger partial charge < -0.3 is 15.2 Å². The fourth-order valence-corrected chi connectivity index (χ4v) is 2.44. The molecule has 2 rings (SSSR count). The van der Waals surface area contributed by atoms with E-state index in [0.29, 0.717) is 30.8 Å². The molecule has 8 heteroatoms. The van der Waals surface area contributed by atoms with Crippen LogP contribution in [0.1, 0.15) is 27.3 Å². The molecule has 0 aliphatic carbocycles. The van der Waals surface area contributed by atoms with Crippen LogP contribution >= 0.6 is 11.3 Å². The summed E-state index contributed by atoms with van der Waals surface area (Å²) >= 11 is 1.69. The maximum atomic E-state index is 4.91. The van der Waals surface area contributed by atoms with Crippen molar-refractivity contribution in [2.75, 3.05) is 7.05 Å². The Morgan fingerprint density at radius 2 is 1.95 bits per heavy atom. The zero-order valence-electron chi connectivity index (χ0n) is 12.0. The number of nitrogens with one attached hydrogen (secondary N) is 2. The van der Waals surface area contributed by atoms with Crippen molar-refractivity contribution in [1.29, 1.82) is 0 Å². The van der Waals surface area contributed by atoms with Crippen LogP contribution in [0, 0.1) is 20.8 Å². The highest BCUT2D eigenvalue weighted by molar-refractivity contribution is 7.11. The second-order valence-electron chi connectivity index (χ2n) is 4.26. The third-order valence-electron chi connectivity index (χ3n) is 2.69. The first kappa shape index (κ1) is 14.4. The van der Waals surface area contributed by atoms with Gasteiger partial charge in [0.2, 0.25) is 5.89 Å². The van der Waals surface area contributed by atoms with E-state index in [9.17, 15) is 0 Å². The molecule has 7 nitrogen and oxygen atoms in total. The molecule has 0 spiro atoms. The molecule has 0 saturated carbocycles. The van der Waals surface area contributed by atoms with Crippen LogP contribution < -0.4 is 10.6 Å². The Bertz CT molecular complexity index is 583. The number of rotatable bonds is 4. The minimum atomic E-state index is 0.465. The summed E-state index contributed by atoms with van der Waals surface area (Å²) < 4.78 is 4.91. The molecule has 2 N–H and O–H groups in total. The topological polar surface area (TPSA) is 88.2 Å². The van der Waals surface area contributed by atoms with Crippen LogP contribution in [-0.2, 0) is 13.1 Å². The van der Waals surface area contributed by atoms with Crippen molar-refractivity contribution in [3.05, 3.63) is 27.3 Å². The summed E-state index contributed by atoms with van der Waals surface area (Å²) in [5.41, 5.74) is 1.08. The van der Waals surface area contributed by atoms with Gasteiger partial charge in [-0.2, -0.15) is 4.98 Å². The first-order chi connectivity index (χ1) is 9.58. The number of guanidine groups is 1. The Morgan fingerprint density at radius 3 is 2.50 bits per heavy atom. The third-order valence-corrected chi connectivity index (χ3v) is 3.76. The van der Waals surface area contributed by atoms with E-state index in [0.717, 1.165) is 10.7 Å². The van der Waals surface area contributed by atoms with Crippen LogP contribution in [0.2, 0.25) is 0 Å². The first-order valence-electron chi connectivity index (χ1n) is 6.25. The van der Waals surface area contributed by atoms with Crippen LogP contribution in [-0.4, -0.2) is 28.1 Å². The molecular weight excluding hydrogens is 276 g/mol. The quantitative estimate of drug-likeness (QED) is 0.653. The number of hydrogen-bond acceptors (Lipinski definition) is 6. The predicted molar refractivity (Wildman–Crippen MR) is 77.7 cm³/mol. The second kappa shape index (κ2) is 6.47. The minimum absolute atomic E-state index is 0.465. The van der Waals surface area contributed by atoms with Crippen molar-refractivity contribution in [3.8, 4) is 0 Å². The highest BCUT2D eigenvalue weighted by Crippen LogP contribution is 2.15. The molecule has 0 saturated heterocycles. The highest BCUT2D eigenvalue weighted by atomic mass is 32.1. The number of thiazole rings is 1. The Hall–Kier alpha value is -1.96. The standard InChI is InChI=1S/C12H18N6OS/c1-7-8(2)20-11(16-7)6-15-12(13-4)14-5-10-17-9(3)19-18-10/h5-6H2,1-4H3,(H2,13,14,15). The van der Waals surface area contributed by atoms with Gasteiger partial charge in [0.25, 0.3) is 0 Å². The van der Waals surface area contributed by atoms with Gasteiger partial charge in [-0.3, -0.25) is 4.99 Å². The highest BCUT2D eigenvalue weighted by Gasteiger charge is 2.06. The van der Waals surface area contributed by atoms with Gasteiger partial charge in [0.15, 0.2) is 11.8 Å². The van der Waals surface area contributed by atoms with E-state index in [1.807, 2.05) is 6.92 Å². The maximum absolute atomic E-state index is 4.91. The SMILES string of the molecule is CN=C(NCc1noc(C)n1)NCc1nc(C)c(C)s1. The van der Waals surface area contributed by atoms with Crippen LogP contribution in [0.4, 0.5) is 0 Å². The van der Waals surface area contributed by atoms with Gasteiger partial charge in [0, 0.05) is 18.8 Å². The molecule has 0 aromatic carbocycles. The van der Waals surface area contributed by atoms with Crippen molar-refractivity contribution < 1.29 is 4.52 Å². The fourth-order valence-electron chi connectivity index (χ4n) is 1.57. The van der Waals surface area contributed by atoms with E-state index >= 15 is 0 Å². The van der Waals surface area contributed by atoms with E-state index in [1.165, 1.54) is 4.88 Å². The molecule has 108 valence electrons. The van der Waals surface area contributed by atoms with Crippen LogP contribution in [0.3, 0.4) is 0 Å². The lowest BCUT2D eigenvalue weighted by Gasteiger charge is -2.08. The normalized spacial score (nSPS) is 11.7. The molecule has 0 amide bonds. The summed E-state index contributed by atoms with van der Waals surface area (Å²) in [6, 6.07) is 0. The lowest BCUT2D eigenvalue weighted by molar-refractivity contribution is 0.387. The van der Waals surface area contributed by atoms with E-state index < -0.39 is 0 Å². The van der Waals surface area contributed by atoms with Gasteiger partial charge >= 0.3 is 0 Å². The van der Waals surface area contributed by atoms with E-state index in [1.54, 1.807) is 25.3 Å². The number of nitrogens with zero attached hydrogens (tertiary/aromatic N) is 4. The number of hydrogen-bond donors (Lipinski definition) is 2. The Labute approximate surface area is 121 Å². The molecule has 2 aromatic rings. The maximum Gasteiger partial charge on any atom is 0.223 e. The zero-order chi connectivity index (χ0) is 14.5. The monoisotopic (exact) mass is 294 g/mol. The van der Waals surface area contributed by atoms with Gasteiger partial charge in [-0.05, 0) is 13.8 Å². The summed E-state index contributed by atoms with van der Waals surface area (Å²) in [7, 11) is 1.72. The molecule has 0 atom stereocenters. The van der Waals surface area contributed by atoms with Gasteiger partial charge in [0.1, 0.15) is 5.01 Å². The molecule has 0 fully saturated rings. The zero-order valence-corrected chi connectivity index (χ0v) is 12.8. The van der Waals surface area contributed by atoms with Crippen LogP contribution in [0.15, 0.2) is 9.52 Å². The molecule has 2 aromatic heterocycles. The van der Waals surface area contributed by atoms with Crippen molar-refractivity contribution in [2.45, 2.75) is 33.9 Å². The second-order valence-corrected chi connectivity index (χ2v) is 5.55. The summed E-state index contributed by atoms with van der Waals surface area (Å²) in [5.74, 6) is 1.84. The Morgan fingerprint density at radius 1 is 1.20 bits per heavy atom. The van der Waals surface area contributed by atoms with Crippen LogP contribution in [0.5, 0.6) is 0 Å². The summed E-state index contributed by atoms with van der Waals surface area (Å²) in [6.45, 7) is 6.96. The molecule has 2 heterocycles. The van der Waals surface area contributed by atoms with Crippen molar-refractivity contribution >= 4 is 17.3 Å².